The highest BCUT2D eigenvalue weighted by Gasteiger charge is 2.33. The monoisotopic (exact) mass is 382 g/mol. The van der Waals surface area contributed by atoms with Gasteiger partial charge in [-0.05, 0) is 45.0 Å². The van der Waals surface area contributed by atoms with Crippen LogP contribution in [0.4, 0.5) is 0 Å². The summed E-state index contributed by atoms with van der Waals surface area (Å²) in [6.45, 7) is 5.71. The van der Waals surface area contributed by atoms with Crippen molar-refractivity contribution in [2.75, 3.05) is 33.8 Å². The van der Waals surface area contributed by atoms with Crippen LogP contribution < -0.4 is 0 Å². The minimum Gasteiger partial charge on any atom is -0.461 e. The van der Waals surface area contributed by atoms with E-state index < -0.39 is 0 Å². The number of hydrogen-bond acceptors (Lipinski definition) is 5. The number of rotatable bonds is 6. The van der Waals surface area contributed by atoms with Crippen molar-refractivity contribution in [1.29, 1.82) is 0 Å². The average Bonchev–Trinajstić information content (AvgIpc) is 3.27. The maximum atomic E-state index is 12.5. The molecule has 0 atom stereocenters. The van der Waals surface area contributed by atoms with Crippen LogP contribution in [0, 0.1) is 0 Å². The lowest BCUT2D eigenvalue weighted by atomic mass is 10.0. The molecule has 6 nitrogen and oxygen atoms in total. The van der Waals surface area contributed by atoms with Gasteiger partial charge in [0, 0.05) is 43.4 Å². The summed E-state index contributed by atoms with van der Waals surface area (Å²) in [5, 5.41) is 4.67. The van der Waals surface area contributed by atoms with E-state index in [9.17, 15) is 4.79 Å². The van der Waals surface area contributed by atoms with Gasteiger partial charge in [0.1, 0.15) is 0 Å². The van der Waals surface area contributed by atoms with Gasteiger partial charge in [-0.25, -0.2) is 4.79 Å². The van der Waals surface area contributed by atoms with Crippen LogP contribution in [-0.2, 0) is 37.1 Å². The molecule has 0 fully saturated rings. The first-order chi connectivity index (χ1) is 13.6. The molecule has 6 heteroatoms. The van der Waals surface area contributed by atoms with E-state index in [4.69, 9.17) is 4.74 Å². The lowest BCUT2D eigenvalue weighted by molar-refractivity contribution is 0.0515. The summed E-state index contributed by atoms with van der Waals surface area (Å²) in [7, 11) is 4.11. The fourth-order valence-electron chi connectivity index (χ4n) is 4.46. The Morgan fingerprint density at radius 3 is 2.61 bits per heavy atom. The molecule has 2 aliphatic rings. The highest BCUT2D eigenvalue weighted by Crippen LogP contribution is 2.30. The lowest BCUT2D eigenvalue weighted by Gasteiger charge is -2.32. The van der Waals surface area contributed by atoms with E-state index in [1.54, 1.807) is 0 Å². The quantitative estimate of drug-likeness (QED) is 0.717. The second kappa shape index (κ2) is 8.05. The molecule has 0 amide bonds. The fraction of sp³-hybridized carbons (Fsp3) is 0.545. The molecule has 0 unspecified atom stereocenters. The Kier molecular flexibility index (Phi) is 5.51. The van der Waals surface area contributed by atoms with Gasteiger partial charge in [-0.15, -0.1) is 0 Å². The fourth-order valence-corrected chi connectivity index (χ4v) is 4.46. The van der Waals surface area contributed by atoms with Gasteiger partial charge in [-0.2, -0.15) is 5.10 Å². The van der Waals surface area contributed by atoms with Crippen LogP contribution in [-0.4, -0.2) is 65.4 Å². The van der Waals surface area contributed by atoms with Crippen molar-refractivity contribution in [3.63, 3.8) is 0 Å². The van der Waals surface area contributed by atoms with Crippen LogP contribution >= 0.6 is 0 Å². The average molecular weight is 383 g/mol. The van der Waals surface area contributed by atoms with Gasteiger partial charge in [0.05, 0.1) is 13.2 Å². The van der Waals surface area contributed by atoms with Crippen LogP contribution in [0.5, 0.6) is 0 Å². The van der Waals surface area contributed by atoms with E-state index >= 15 is 0 Å². The SMILES string of the molecule is CCOC(=O)c1nn(CCN(C)C)c2c1CN(C1Cc3ccccc3C1)CC2. The number of nitrogens with zero attached hydrogens (tertiary/aromatic N) is 4. The van der Waals surface area contributed by atoms with Gasteiger partial charge in [-0.1, -0.05) is 24.3 Å². The summed E-state index contributed by atoms with van der Waals surface area (Å²) in [6.07, 6.45) is 3.12. The minimum absolute atomic E-state index is 0.293. The first-order valence-electron chi connectivity index (χ1n) is 10.3. The standard InChI is InChI=1S/C22H30N4O2/c1-4-28-22(27)21-19-15-25(18-13-16-7-5-6-8-17(16)14-18)10-9-20(19)26(23-21)12-11-24(2)3/h5-8,18H,4,9-15H2,1-3H3. The molecule has 0 spiro atoms. The van der Waals surface area contributed by atoms with Crippen molar-refractivity contribution in [3.8, 4) is 0 Å². The normalized spacial score (nSPS) is 17.0. The van der Waals surface area contributed by atoms with Crippen LogP contribution in [0.25, 0.3) is 0 Å². The third-order valence-electron chi connectivity index (χ3n) is 5.94. The maximum Gasteiger partial charge on any atom is 0.359 e. The molecule has 28 heavy (non-hydrogen) atoms. The summed E-state index contributed by atoms with van der Waals surface area (Å²) < 4.78 is 7.33. The second-order valence-electron chi connectivity index (χ2n) is 8.07. The predicted octanol–water partition coefficient (Wildman–Crippen LogP) is 2.15. The van der Waals surface area contributed by atoms with Crippen LogP contribution in [0.2, 0.25) is 0 Å². The molecule has 0 bridgehead atoms. The third kappa shape index (κ3) is 3.71. The van der Waals surface area contributed by atoms with Crippen molar-refractivity contribution in [1.82, 2.24) is 19.6 Å². The number of esters is 1. The zero-order chi connectivity index (χ0) is 19.7. The van der Waals surface area contributed by atoms with Crippen molar-refractivity contribution >= 4 is 5.97 Å². The molecule has 0 N–H and O–H groups in total. The number of hydrogen-bond donors (Lipinski definition) is 0. The Bertz CT molecular complexity index is 833. The Morgan fingerprint density at radius 1 is 1.25 bits per heavy atom. The Hall–Kier alpha value is -2.18. The molecule has 4 rings (SSSR count). The Balaban J connectivity index is 1.57. The first kappa shape index (κ1) is 19.2. The summed E-state index contributed by atoms with van der Waals surface area (Å²) in [5.41, 5.74) is 5.71. The lowest BCUT2D eigenvalue weighted by Crippen LogP contribution is -2.40. The maximum absolute atomic E-state index is 12.5. The highest BCUT2D eigenvalue weighted by atomic mass is 16.5. The predicted molar refractivity (Wildman–Crippen MR) is 108 cm³/mol. The molecular formula is C22H30N4O2. The molecule has 2 heterocycles. The zero-order valence-corrected chi connectivity index (χ0v) is 17.1. The number of benzene rings is 1. The van der Waals surface area contributed by atoms with Crippen molar-refractivity contribution in [3.05, 3.63) is 52.3 Å². The molecule has 2 aromatic rings. The zero-order valence-electron chi connectivity index (χ0n) is 17.1. The number of aromatic nitrogens is 2. The van der Waals surface area contributed by atoms with Gasteiger partial charge in [0.25, 0.3) is 0 Å². The number of likely N-dealkylation sites (N-methyl/N-ethyl adjacent to an activating group) is 1. The van der Waals surface area contributed by atoms with Gasteiger partial charge >= 0.3 is 5.97 Å². The first-order valence-corrected chi connectivity index (χ1v) is 10.3. The van der Waals surface area contributed by atoms with E-state index in [-0.39, 0.29) is 5.97 Å². The van der Waals surface area contributed by atoms with E-state index in [1.165, 1.54) is 16.8 Å². The Labute approximate surface area is 167 Å². The molecule has 1 aliphatic heterocycles. The Morgan fingerprint density at radius 2 is 1.96 bits per heavy atom. The number of ether oxygens (including phenoxy) is 1. The van der Waals surface area contributed by atoms with Gasteiger partial charge in [0.15, 0.2) is 5.69 Å². The van der Waals surface area contributed by atoms with Crippen molar-refractivity contribution < 1.29 is 9.53 Å². The molecule has 0 saturated heterocycles. The molecule has 1 aromatic heterocycles. The summed E-state index contributed by atoms with van der Waals surface area (Å²) in [6, 6.07) is 9.25. The number of carbonyl (C=O) groups is 1. The summed E-state index contributed by atoms with van der Waals surface area (Å²) in [4.78, 5) is 17.2. The van der Waals surface area contributed by atoms with Gasteiger partial charge < -0.3 is 9.64 Å². The van der Waals surface area contributed by atoms with Crippen LogP contribution in [0.1, 0.15) is 39.8 Å². The van der Waals surface area contributed by atoms with Gasteiger partial charge in [0.2, 0.25) is 0 Å². The molecule has 0 radical (unpaired) electrons. The third-order valence-corrected chi connectivity index (χ3v) is 5.94. The van der Waals surface area contributed by atoms with Crippen molar-refractivity contribution in [2.45, 2.75) is 45.3 Å². The van der Waals surface area contributed by atoms with E-state index in [2.05, 4.69) is 53.3 Å². The van der Waals surface area contributed by atoms with Crippen LogP contribution in [0.15, 0.2) is 24.3 Å². The molecule has 1 aliphatic carbocycles. The molecule has 150 valence electrons. The van der Waals surface area contributed by atoms with Crippen LogP contribution in [0.3, 0.4) is 0 Å². The van der Waals surface area contributed by atoms with E-state index in [0.717, 1.165) is 51.0 Å². The van der Waals surface area contributed by atoms with E-state index in [0.29, 0.717) is 18.3 Å². The largest absolute Gasteiger partial charge is 0.461 e. The molecule has 0 saturated carbocycles. The summed E-state index contributed by atoms with van der Waals surface area (Å²) >= 11 is 0. The van der Waals surface area contributed by atoms with E-state index in [1.807, 2.05) is 11.6 Å². The minimum atomic E-state index is -0.293. The molecular weight excluding hydrogens is 352 g/mol. The molecule has 1 aromatic carbocycles. The summed E-state index contributed by atoms with van der Waals surface area (Å²) in [5.74, 6) is -0.293. The highest BCUT2D eigenvalue weighted by molar-refractivity contribution is 5.89. The number of carbonyl (C=O) groups excluding carboxylic acids is 1. The number of fused-ring (bicyclic) bond motifs is 2. The topological polar surface area (TPSA) is 50.6 Å². The van der Waals surface area contributed by atoms with Gasteiger partial charge in [-0.3, -0.25) is 9.58 Å². The second-order valence-corrected chi connectivity index (χ2v) is 8.07. The smallest absolute Gasteiger partial charge is 0.359 e. The van der Waals surface area contributed by atoms with Crippen molar-refractivity contribution in [2.24, 2.45) is 0 Å².